The quantitative estimate of drug-likeness (QED) is 0.832. The zero-order chi connectivity index (χ0) is 14.3. The third-order valence-corrected chi connectivity index (χ3v) is 3.42. The number of rotatable bonds is 2. The molecular weight excluding hydrogens is 270 g/mol. The van der Waals surface area contributed by atoms with Crippen LogP contribution in [0.1, 0.15) is 11.4 Å². The smallest absolute Gasteiger partial charge is 0.331 e. The molecule has 2 rings (SSSR count). The minimum absolute atomic E-state index is 0.0112. The van der Waals surface area contributed by atoms with Crippen LogP contribution in [0.2, 0.25) is 5.02 Å². The Hall–Kier alpha value is -2.02. The highest BCUT2D eigenvalue weighted by molar-refractivity contribution is 6.31. The molecule has 2 aromatic rings. The van der Waals surface area contributed by atoms with Crippen LogP contribution < -0.4 is 17.0 Å². The van der Waals surface area contributed by atoms with Gasteiger partial charge in [0, 0.05) is 20.3 Å². The van der Waals surface area contributed by atoms with Crippen molar-refractivity contribution in [3.8, 4) is 0 Å². The van der Waals surface area contributed by atoms with Gasteiger partial charge in [-0.3, -0.25) is 14.0 Å². The number of hydrogen-bond acceptors (Lipinski definition) is 4. The molecule has 2 N–H and O–H groups in total. The first-order valence-corrected chi connectivity index (χ1v) is 5.94. The first-order chi connectivity index (χ1) is 8.82. The Kier molecular flexibility index (Phi) is 3.23. The van der Waals surface area contributed by atoms with Gasteiger partial charge in [0.15, 0.2) is 0 Å². The number of aryl methyl sites for hydroxylation is 3. The van der Waals surface area contributed by atoms with Crippen molar-refractivity contribution in [3.63, 3.8) is 0 Å². The van der Waals surface area contributed by atoms with Crippen LogP contribution in [0, 0.1) is 6.92 Å². The maximum absolute atomic E-state index is 12.0. The second-order valence-corrected chi connectivity index (χ2v) is 4.72. The van der Waals surface area contributed by atoms with E-state index in [0.29, 0.717) is 16.4 Å². The molecule has 0 unspecified atom stereocenters. The van der Waals surface area contributed by atoms with Gasteiger partial charge in [-0.25, -0.2) is 4.79 Å². The second kappa shape index (κ2) is 4.58. The lowest BCUT2D eigenvalue weighted by molar-refractivity contribution is 0.601. The molecule has 0 aliphatic heterocycles. The first kappa shape index (κ1) is 13.4. The summed E-state index contributed by atoms with van der Waals surface area (Å²) in [6, 6.07) is 0. The van der Waals surface area contributed by atoms with Crippen LogP contribution in [0.25, 0.3) is 0 Å². The van der Waals surface area contributed by atoms with Gasteiger partial charge in [0.1, 0.15) is 5.69 Å². The summed E-state index contributed by atoms with van der Waals surface area (Å²) in [6.07, 6.45) is 1.30. The highest BCUT2D eigenvalue weighted by Gasteiger charge is 2.15. The van der Waals surface area contributed by atoms with Crippen LogP contribution in [0.3, 0.4) is 0 Å². The average molecular weight is 284 g/mol. The van der Waals surface area contributed by atoms with Crippen molar-refractivity contribution >= 4 is 17.3 Å². The predicted octanol–water partition coefficient (Wildman–Crippen LogP) is -0.127. The molecule has 0 fully saturated rings. The van der Waals surface area contributed by atoms with Gasteiger partial charge >= 0.3 is 5.69 Å². The zero-order valence-corrected chi connectivity index (χ0v) is 11.6. The number of anilines is 1. The number of hydrogen-bond donors (Lipinski definition) is 1. The van der Waals surface area contributed by atoms with Gasteiger partial charge in [-0.1, -0.05) is 11.6 Å². The van der Waals surface area contributed by atoms with E-state index in [2.05, 4.69) is 5.10 Å². The summed E-state index contributed by atoms with van der Waals surface area (Å²) in [6.45, 7) is 1.79. The minimum Gasteiger partial charge on any atom is -0.393 e. The van der Waals surface area contributed by atoms with E-state index in [1.807, 2.05) is 0 Å². The Morgan fingerprint density at radius 3 is 2.53 bits per heavy atom. The molecule has 2 heterocycles. The number of aromatic nitrogens is 4. The largest absolute Gasteiger partial charge is 0.393 e. The molecule has 0 bridgehead atoms. The van der Waals surface area contributed by atoms with E-state index in [1.54, 1.807) is 18.7 Å². The molecule has 0 aromatic carbocycles. The molecule has 0 amide bonds. The van der Waals surface area contributed by atoms with Gasteiger partial charge in [-0.05, 0) is 6.92 Å². The zero-order valence-electron chi connectivity index (χ0n) is 10.8. The summed E-state index contributed by atoms with van der Waals surface area (Å²) in [5.41, 5.74) is 5.84. The van der Waals surface area contributed by atoms with Crippen molar-refractivity contribution in [1.29, 1.82) is 0 Å². The molecule has 8 heteroatoms. The average Bonchev–Trinajstić information content (AvgIpc) is 2.58. The van der Waals surface area contributed by atoms with Crippen molar-refractivity contribution in [1.82, 2.24) is 18.9 Å². The third kappa shape index (κ3) is 2.17. The summed E-state index contributed by atoms with van der Waals surface area (Å²) in [4.78, 5) is 23.9. The summed E-state index contributed by atoms with van der Waals surface area (Å²) >= 11 is 6.11. The second-order valence-electron chi connectivity index (χ2n) is 4.34. The van der Waals surface area contributed by atoms with E-state index >= 15 is 0 Å². The summed E-state index contributed by atoms with van der Waals surface area (Å²) in [7, 11) is 3.24. The molecule has 7 nitrogen and oxygen atoms in total. The first-order valence-electron chi connectivity index (χ1n) is 5.57. The third-order valence-electron chi connectivity index (χ3n) is 2.93. The maximum Gasteiger partial charge on any atom is 0.331 e. The van der Waals surface area contributed by atoms with Gasteiger partial charge in [-0.15, -0.1) is 0 Å². The van der Waals surface area contributed by atoms with Gasteiger partial charge in [0.2, 0.25) is 0 Å². The monoisotopic (exact) mass is 283 g/mol. The van der Waals surface area contributed by atoms with Crippen LogP contribution in [-0.4, -0.2) is 18.9 Å². The normalized spacial score (nSPS) is 10.9. The summed E-state index contributed by atoms with van der Waals surface area (Å²) in [5, 5.41) is 4.58. The Morgan fingerprint density at radius 2 is 2.00 bits per heavy atom. The molecule has 0 spiro atoms. The molecule has 0 aliphatic carbocycles. The van der Waals surface area contributed by atoms with Crippen LogP contribution in [0.5, 0.6) is 0 Å². The lowest BCUT2D eigenvalue weighted by Crippen LogP contribution is -2.40. The minimum atomic E-state index is -0.530. The maximum atomic E-state index is 12.0. The van der Waals surface area contributed by atoms with E-state index in [9.17, 15) is 9.59 Å². The Bertz CT molecular complexity index is 721. The van der Waals surface area contributed by atoms with Gasteiger partial charge in [-0.2, -0.15) is 5.10 Å². The lowest BCUT2D eigenvalue weighted by atomic mass is 10.3. The highest BCUT2D eigenvalue weighted by atomic mass is 35.5. The standard InChI is InChI=1S/C11H14ClN5O2/c1-6-9(12)8(16(3)14-6)5-17-10(18)7(13)4-15(2)11(17)19/h4H,5,13H2,1-3H3. The number of halogens is 1. The molecular formula is C11H14ClN5O2. The summed E-state index contributed by atoms with van der Waals surface area (Å²) in [5.74, 6) is 0. The van der Waals surface area contributed by atoms with Crippen LogP contribution in [0.4, 0.5) is 5.69 Å². The van der Waals surface area contributed by atoms with Crippen molar-refractivity contribution in [2.45, 2.75) is 13.5 Å². The predicted molar refractivity (Wildman–Crippen MR) is 72.4 cm³/mol. The van der Waals surface area contributed by atoms with Crippen LogP contribution >= 0.6 is 11.6 Å². The SMILES string of the molecule is Cc1nn(C)c(Cn2c(=O)c(N)cn(C)c2=O)c1Cl. The topological polar surface area (TPSA) is 87.8 Å². The fourth-order valence-corrected chi connectivity index (χ4v) is 2.11. The lowest BCUT2D eigenvalue weighted by Gasteiger charge is -2.09. The molecule has 0 atom stereocenters. The fourth-order valence-electron chi connectivity index (χ4n) is 1.89. The van der Waals surface area contributed by atoms with E-state index in [4.69, 9.17) is 17.3 Å². The molecule has 0 aliphatic rings. The molecule has 0 saturated heterocycles. The number of nitrogens with zero attached hydrogens (tertiary/aromatic N) is 4. The van der Waals surface area contributed by atoms with Gasteiger partial charge in [0.05, 0.1) is 23.0 Å². The van der Waals surface area contributed by atoms with Crippen molar-refractivity contribution in [2.75, 3.05) is 5.73 Å². The van der Waals surface area contributed by atoms with E-state index < -0.39 is 11.2 Å². The molecule has 19 heavy (non-hydrogen) atoms. The van der Waals surface area contributed by atoms with E-state index in [0.717, 1.165) is 4.57 Å². The van der Waals surface area contributed by atoms with Crippen molar-refractivity contribution < 1.29 is 0 Å². The Labute approximate surface area is 113 Å². The van der Waals surface area contributed by atoms with E-state index in [-0.39, 0.29) is 12.2 Å². The van der Waals surface area contributed by atoms with Crippen molar-refractivity contribution in [2.24, 2.45) is 14.1 Å². The Balaban J connectivity index is 2.62. The molecule has 0 radical (unpaired) electrons. The molecule has 102 valence electrons. The van der Waals surface area contributed by atoms with Gasteiger partial charge in [0.25, 0.3) is 5.56 Å². The number of nitrogen functional groups attached to an aromatic ring is 1. The van der Waals surface area contributed by atoms with Crippen molar-refractivity contribution in [3.05, 3.63) is 43.4 Å². The van der Waals surface area contributed by atoms with Gasteiger partial charge < -0.3 is 10.3 Å². The van der Waals surface area contributed by atoms with Crippen LogP contribution in [-0.2, 0) is 20.6 Å². The van der Waals surface area contributed by atoms with E-state index in [1.165, 1.54) is 17.8 Å². The van der Waals surface area contributed by atoms with Crippen LogP contribution in [0.15, 0.2) is 15.8 Å². The number of nitrogens with two attached hydrogens (primary N) is 1. The Morgan fingerprint density at radius 1 is 1.37 bits per heavy atom. The molecule has 2 aromatic heterocycles. The highest BCUT2D eigenvalue weighted by Crippen LogP contribution is 2.19. The molecule has 0 saturated carbocycles. The summed E-state index contributed by atoms with van der Waals surface area (Å²) < 4.78 is 3.85. The fraction of sp³-hybridized carbons (Fsp3) is 0.364.